The standard InChI is InChI=1S/3C8H14O3.3C4H6O3.2Al/c3*1-4-8(5-2,6(3)9)7(10)11;3*1-3(5)2-4(6)7;;/h3*4-5H2,1-3H3,(H,10,11);3*2H2,1H3,(H,6,7);;/q;;;;;;2*+3/p-6. The topological polar surface area (TPSA) is 343 Å². The number of carbonyl (C=O) groups excluding carboxylic acids is 12. The van der Waals surface area contributed by atoms with Crippen molar-refractivity contribution in [3.63, 3.8) is 0 Å². The molecular formula is C36H54Al2O18. The Morgan fingerprint density at radius 1 is 0.321 bits per heavy atom. The summed E-state index contributed by atoms with van der Waals surface area (Å²) in [4.78, 5) is 123. The molecule has 0 spiro atoms. The second kappa shape index (κ2) is 36.5. The van der Waals surface area contributed by atoms with Gasteiger partial charge in [0, 0.05) is 37.2 Å². The van der Waals surface area contributed by atoms with Crippen molar-refractivity contribution < 1.29 is 88.2 Å². The fourth-order valence-electron chi connectivity index (χ4n) is 4.15. The van der Waals surface area contributed by atoms with Crippen LogP contribution < -0.4 is 30.6 Å². The number of carboxylic acid groups (broad SMARTS) is 6. The van der Waals surface area contributed by atoms with Crippen molar-refractivity contribution >= 4 is 105 Å². The van der Waals surface area contributed by atoms with Crippen molar-refractivity contribution in [1.29, 1.82) is 0 Å². The quantitative estimate of drug-likeness (QED) is 0.0933. The molecule has 20 heteroatoms. The molecule has 56 heavy (non-hydrogen) atoms. The van der Waals surface area contributed by atoms with Crippen LogP contribution in [0.5, 0.6) is 0 Å². The minimum Gasteiger partial charge on any atom is -0.550 e. The number of carboxylic acids is 6. The molecule has 0 aliphatic carbocycles. The van der Waals surface area contributed by atoms with Gasteiger partial charge < -0.3 is 59.4 Å². The summed E-state index contributed by atoms with van der Waals surface area (Å²) < 4.78 is 0. The number of rotatable bonds is 18. The Morgan fingerprint density at radius 3 is 0.446 bits per heavy atom. The fourth-order valence-corrected chi connectivity index (χ4v) is 4.15. The van der Waals surface area contributed by atoms with Gasteiger partial charge in [0.1, 0.15) is 34.7 Å². The van der Waals surface area contributed by atoms with Gasteiger partial charge in [0.25, 0.3) is 0 Å². The molecule has 0 aromatic heterocycles. The van der Waals surface area contributed by atoms with Crippen molar-refractivity contribution in [1.82, 2.24) is 0 Å². The summed E-state index contributed by atoms with van der Waals surface area (Å²) in [7, 11) is 0. The first-order valence-electron chi connectivity index (χ1n) is 16.7. The van der Waals surface area contributed by atoms with Crippen LogP contribution in [0, 0.1) is 16.2 Å². The zero-order valence-electron chi connectivity index (χ0n) is 34.4. The molecule has 0 N–H and O–H groups in total. The van der Waals surface area contributed by atoms with Gasteiger partial charge in [-0.25, -0.2) is 0 Å². The molecule has 0 atom stereocenters. The van der Waals surface area contributed by atoms with Gasteiger partial charge in [-0.3, -0.25) is 28.8 Å². The Kier molecular flexibility index (Phi) is 45.5. The number of carbonyl (C=O) groups is 12. The monoisotopic (exact) mass is 828 g/mol. The number of ketones is 6. The first-order valence-corrected chi connectivity index (χ1v) is 16.7. The Hall–Kier alpha value is -4.10. The van der Waals surface area contributed by atoms with Crippen molar-refractivity contribution in [2.24, 2.45) is 16.2 Å². The Balaban J connectivity index is -0.0000000827. The molecule has 0 amide bonds. The van der Waals surface area contributed by atoms with E-state index in [1.165, 1.54) is 41.5 Å². The van der Waals surface area contributed by atoms with Crippen molar-refractivity contribution in [2.45, 2.75) is 141 Å². The van der Waals surface area contributed by atoms with E-state index in [1.807, 2.05) is 0 Å². The summed E-state index contributed by atoms with van der Waals surface area (Å²) in [5.74, 6) is -9.78. The van der Waals surface area contributed by atoms with Crippen LogP contribution in [0.3, 0.4) is 0 Å². The van der Waals surface area contributed by atoms with E-state index >= 15 is 0 Å². The van der Waals surface area contributed by atoms with Crippen LogP contribution in [0.2, 0.25) is 0 Å². The van der Waals surface area contributed by atoms with Gasteiger partial charge in [0.05, 0.1) is 34.2 Å². The van der Waals surface area contributed by atoms with Gasteiger partial charge in [-0.1, -0.05) is 41.5 Å². The van der Waals surface area contributed by atoms with E-state index in [4.69, 9.17) is 0 Å². The minimum absolute atomic E-state index is 0. The van der Waals surface area contributed by atoms with E-state index in [-0.39, 0.29) is 69.4 Å². The first kappa shape index (κ1) is 69.8. The van der Waals surface area contributed by atoms with E-state index in [2.05, 4.69) is 0 Å². The molecule has 0 radical (unpaired) electrons. The van der Waals surface area contributed by atoms with E-state index in [9.17, 15) is 88.2 Å². The van der Waals surface area contributed by atoms with E-state index < -0.39 is 71.3 Å². The number of hydrogen-bond donors (Lipinski definition) is 0. The molecule has 0 aromatic rings. The van der Waals surface area contributed by atoms with Crippen molar-refractivity contribution in [2.75, 3.05) is 0 Å². The van der Waals surface area contributed by atoms with Crippen LogP contribution in [0.1, 0.15) is 141 Å². The molecule has 0 saturated heterocycles. The molecule has 0 saturated carbocycles. The predicted molar refractivity (Wildman–Crippen MR) is 189 cm³/mol. The van der Waals surface area contributed by atoms with Crippen molar-refractivity contribution in [3.8, 4) is 0 Å². The zero-order chi connectivity index (χ0) is 44.8. The fraction of sp³-hybridized carbons (Fsp3) is 0.667. The summed E-state index contributed by atoms with van der Waals surface area (Å²) in [5, 5.41) is 60.2. The maximum Gasteiger partial charge on any atom is 3.00 e. The number of hydrogen-bond acceptors (Lipinski definition) is 18. The maximum absolute atomic E-state index is 10.9. The molecule has 0 heterocycles. The summed E-state index contributed by atoms with van der Waals surface area (Å²) >= 11 is 0. The molecule has 0 bridgehead atoms. The first-order chi connectivity index (χ1) is 24.4. The molecule has 0 aliphatic rings. The van der Waals surface area contributed by atoms with Gasteiger partial charge in [0.2, 0.25) is 0 Å². The second-order valence-corrected chi connectivity index (χ2v) is 11.7. The average Bonchev–Trinajstić information content (AvgIpc) is 2.98. The molecule has 0 aromatic carbocycles. The molecule has 18 nitrogen and oxygen atoms in total. The third-order valence-electron chi connectivity index (χ3n) is 8.00. The van der Waals surface area contributed by atoms with Crippen LogP contribution in [0.15, 0.2) is 0 Å². The Bertz CT molecular complexity index is 1070. The SMILES string of the molecule is CC(=O)CC(=O)[O-].CC(=O)CC(=O)[O-].CC(=O)CC(=O)[O-].CCC(CC)(C(C)=O)C(=O)[O-].CCC(CC)(C(C)=O)C(=O)[O-].CCC(CC)(C(C)=O)C(=O)[O-].[Al+3].[Al+3]. The van der Waals surface area contributed by atoms with Gasteiger partial charge in [0.15, 0.2) is 0 Å². The van der Waals surface area contributed by atoms with Gasteiger partial charge >= 0.3 is 34.7 Å². The second-order valence-electron chi connectivity index (χ2n) is 11.7. The molecule has 0 aliphatic heterocycles. The Morgan fingerprint density at radius 2 is 0.446 bits per heavy atom. The van der Waals surface area contributed by atoms with Crippen molar-refractivity contribution in [3.05, 3.63) is 0 Å². The summed E-state index contributed by atoms with van der Waals surface area (Å²) in [6.45, 7) is 17.6. The summed E-state index contributed by atoms with van der Waals surface area (Å²) in [6, 6.07) is 0. The van der Waals surface area contributed by atoms with E-state index in [0.717, 1.165) is 0 Å². The largest absolute Gasteiger partial charge is 3.00 e. The predicted octanol–water partition coefficient (Wildman–Crippen LogP) is -4.22. The summed E-state index contributed by atoms with van der Waals surface area (Å²) in [6.07, 6.45) is 0.424. The van der Waals surface area contributed by atoms with Gasteiger partial charge in [-0.15, -0.1) is 0 Å². The molecule has 312 valence electrons. The minimum atomic E-state index is -1.31. The molecular weight excluding hydrogens is 774 g/mol. The molecule has 0 fully saturated rings. The van der Waals surface area contributed by atoms with Crippen LogP contribution in [-0.4, -0.2) is 105 Å². The van der Waals surface area contributed by atoms with Crippen LogP contribution >= 0.6 is 0 Å². The van der Waals surface area contributed by atoms with Crippen LogP contribution in [0.25, 0.3) is 0 Å². The average molecular weight is 829 g/mol. The van der Waals surface area contributed by atoms with Gasteiger partial charge in [-0.2, -0.15) is 0 Å². The Labute approximate surface area is 349 Å². The van der Waals surface area contributed by atoms with Gasteiger partial charge in [-0.05, 0) is 80.1 Å². The third-order valence-corrected chi connectivity index (χ3v) is 8.00. The normalized spacial score (nSPS) is 9.64. The van der Waals surface area contributed by atoms with E-state index in [1.54, 1.807) is 41.5 Å². The van der Waals surface area contributed by atoms with Crippen LogP contribution in [-0.2, 0) is 57.5 Å². The number of aliphatic carboxylic acids is 6. The van der Waals surface area contributed by atoms with Crippen LogP contribution in [0.4, 0.5) is 0 Å². The third kappa shape index (κ3) is 31.1. The zero-order valence-corrected chi connectivity index (χ0v) is 36.7. The molecule has 0 unspecified atom stereocenters. The van der Waals surface area contributed by atoms with E-state index in [0.29, 0.717) is 38.5 Å². The smallest absolute Gasteiger partial charge is 0.550 e. The molecule has 0 rings (SSSR count). The number of Topliss-reactive ketones (excluding diaryl/α,β-unsaturated/α-hetero) is 6. The maximum atomic E-state index is 10.9. The summed E-state index contributed by atoms with van der Waals surface area (Å²) in [5.41, 5.74) is -3.75.